The van der Waals surface area contributed by atoms with Crippen LogP contribution in [0.15, 0.2) is 70.7 Å². The van der Waals surface area contributed by atoms with Gasteiger partial charge in [-0.2, -0.15) is 0 Å². The number of carbonyl (C=O) groups excluding carboxylic acids is 1. The molecule has 1 N–H and O–H groups in total. The van der Waals surface area contributed by atoms with Crippen LogP contribution < -0.4 is 14.8 Å². The Balaban J connectivity index is 1.27. The minimum atomic E-state index is -0.352. The number of benzene rings is 2. The summed E-state index contributed by atoms with van der Waals surface area (Å²) >= 11 is 1.37. The number of para-hydroxylation sites is 1. The molecule has 0 saturated carbocycles. The van der Waals surface area contributed by atoms with Gasteiger partial charge in [0.15, 0.2) is 10.9 Å². The number of nitrogens with one attached hydrogen (secondary N) is 1. The number of aromatic nitrogens is 1. The van der Waals surface area contributed by atoms with E-state index in [9.17, 15) is 4.79 Å². The third kappa shape index (κ3) is 3.79. The van der Waals surface area contributed by atoms with Crippen LogP contribution in [-0.4, -0.2) is 17.5 Å². The molecule has 6 nitrogen and oxygen atoms in total. The summed E-state index contributed by atoms with van der Waals surface area (Å²) in [7, 11) is 0. The zero-order valence-electron chi connectivity index (χ0n) is 16.0. The van der Waals surface area contributed by atoms with Gasteiger partial charge in [-0.1, -0.05) is 18.2 Å². The molecule has 1 aliphatic heterocycles. The van der Waals surface area contributed by atoms with Gasteiger partial charge in [0.05, 0.1) is 18.6 Å². The number of amides is 1. The van der Waals surface area contributed by atoms with E-state index in [0.29, 0.717) is 10.7 Å². The van der Waals surface area contributed by atoms with Crippen molar-refractivity contribution >= 4 is 22.4 Å². The first kappa shape index (κ1) is 18.4. The second kappa shape index (κ2) is 8.04. The zero-order chi connectivity index (χ0) is 20.3. The molecule has 0 radical (unpaired) electrons. The number of anilines is 1. The van der Waals surface area contributed by atoms with E-state index in [1.165, 1.54) is 23.2 Å². The Kier molecular flexibility index (Phi) is 4.94. The quantitative estimate of drug-likeness (QED) is 0.468. The lowest BCUT2D eigenvalue weighted by Gasteiger charge is -2.06. The van der Waals surface area contributed by atoms with Crippen molar-refractivity contribution in [2.75, 3.05) is 11.9 Å². The molecular weight excluding hydrogens is 400 g/mol. The summed E-state index contributed by atoms with van der Waals surface area (Å²) in [6.45, 7) is 0.959. The molecule has 0 fully saturated rings. The Morgan fingerprint density at radius 3 is 2.97 bits per heavy atom. The van der Waals surface area contributed by atoms with Crippen molar-refractivity contribution in [3.8, 4) is 22.8 Å². The summed E-state index contributed by atoms with van der Waals surface area (Å²) < 4.78 is 16.7. The van der Waals surface area contributed by atoms with E-state index in [1.807, 2.05) is 47.8 Å². The molecule has 1 aliphatic rings. The van der Waals surface area contributed by atoms with Crippen LogP contribution in [0.4, 0.5) is 5.13 Å². The van der Waals surface area contributed by atoms with Crippen LogP contribution in [0.5, 0.6) is 11.5 Å². The molecule has 30 heavy (non-hydrogen) atoms. The third-order valence-electron chi connectivity index (χ3n) is 4.80. The van der Waals surface area contributed by atoms with Crippen LogP contribution >= 0.6 is 11.3 Å². The Bertz CT molecular complexity index is 1180. The summed E-state index contributed by atoms with van der Waals surface area (Å²) in [4.78, 5) is 17.2. The van der Waals surface area contributed by atoms with Gasteiger partial charge in [0.1, 0.15) is 18.1 Å². The molecular formula is C23H18N2O4S. The molecule has 5 rings (SSSR count). The largest absolute Gasteiger partial charge is 0.493 e. The standard InChI is InChI=1S/C23H18N2O4S/c26-22(21-17(9-11-28-21)13-29-18-4-2-1-3-5-18)25-23-24-19(14-30-23)15-6-7-20-16(12-15)8-10-27-20/h1-7,9,11-12,14H,8,10,13H2,(H,24,25,26). The number of furan rings is 1. The van der Waals surface area contributed by atoms with Gasteiger partial charge < -0.3 is 13.9 Å². The van der Waals surface area contributed by atoms with E-state index in [4.69, 9.17) is 13.9 Å². The number of ether oxygens (including phenoxy) is 2. The molecule has 0 aliphatic carbocycles. The van der Waals surface area contributed by atoms with Gasteiger partial charge in [-0.15, -0.1) is 11.3 Å². The second-order valence-electron chi connectivity index (χ2n) is 6.79. The smallest absolute Gasteiger partial charge is 0.293 e. The molecule has 0 bridgehead atoms. The number of hydrogen-bond acceptors (Lipinski definition) is 6. The van der Waals surface area contributed by atoms with Gasteiger partial charge >= 0.3 is 0 Å². The zero-order valence-corrected chi connectivity index (χ0v) is 16.8. The number of rotatable bonds is 6. The highest BCUT2D eigenvalue weighted by atomic mass is 32.1. The molecule has 0 spiro atoms. The second-order valence-corrected chi connectivity index (χ2v) is 7.65. The lowest BCUT2D eigenvalue weighted by molar-refractivity contribution is 0.0993. The van der Waals surface area contributed by atoms with Crippen LogP contribution in [0.3, 0.4) is 0 Å². The van der Waals surface area contributed by atoms with Gasteiger partial charge in [0.25, 0.3) is 5.91 Å². The maximum Gasteiger partial charge on any atom is 0.293 e. The fourth-order valence-corrected chi connectivity index (χ4v) is 4.00. The van der Waals surface area contributed by atoms with E-state index < -0.39 is 0 Å². The van der Waals surface area contributed by atoms with Crippen molar-refractivity contribution in [1.82, 2.24) is 4.98 Å². The van der Waals surface area contributed by atoms with Gasteiger partial charge in [-0.3, -0.25) is 10.1 Å². The maximum absolute atomic E-state index is 12.7. The first-order chi connectivity index (χ1) is 14.8. The van der Waals surface area contributed by atoms with Gasteiger partial charge in [0, 0.05) is 22.9 Å². The van der Waals surface area contributed by atoms with Crippen molar-refractivity contribution in [2.24, 2.45) is 0 Å². The summed E-state index contributed by atoms with van der Waals surface area (Å²) in [6, 6.07) is 17.2. The SMILES string of the molecule is O=C(Nc1nc(-c2ccc3c(c2)CCO3)cs1)c1occc1COc1ccccc1. The molecule has 2 aromatic heterocycles. The molecule has 4 aromatic rings. The normalized spacial score (nSPS) is 12.3. The fourth-order valence-electron chi connectivity index (χ4n) is 3.29. The number of fused-ring (bicyclic) bond motifs is 1. The molecule has 3 heterocycles. The van der Waals surface area contributed by atoms with Crippen molar-refractivity contribution < 1.29 is 18.7 Å². The third-order valence-corrected chi connectivity index (χ3v) is 5.56. The number of nitrogens with zero attached hydrogens (tertiary/aromatic N) is 1. The maximum atomic E-state index is 12.7. The molecule has 0 saturated heterocycles. The van der Waals surface area contributed by atoms with Crippen LogP contribution in [0.2, 0.25) is 0 Å². The average molecular weight is 418 g/mol. The van der Waals surface area contributed by atoms with Crippen LogP contribution in [0.1, 0.15) is 21.7 Å². The number of carbonyl (C=O) groups is 1. The van der Waals surface area contributed by atoms with Gasteiger partial charge in [0.2, 0.25) is 0 Å². The molecule has 0 atom stereocenters. The first-order valence-electron chi connectivity index (χ1n) is 9.53. The Morgan fingerprint density at radius 1 is 1.17 bits per heavy atom. The van der Waals surface area contributed by atoms with Gasteiger partial charge in [-0.05, 0) is 42.0 Å². The Hall–Kier alpha value is -3.58. The Labute approximate surface area is 177 Å². The number of thiazole rings is 1. The summed E-state index contributed by atoms with van der Waals surface area (Å²) in [5.41, 5.74) is 3.68. The van der Waals surface area contributed by atoms with Crippen molar-refractivity contribution in [3.05, 3.63) is 83.1 Å². The molecule has 2 aromatic carbocycles. The van der Waals surface area contributed by atoms with Crippen LogP contribution in [0.25, 0.3) is 11.3 Å². The Morgan fingerprint density at radius 2 is 2.07 bits per heavy atom. The lowest BCUT2D eigenvalue weighted by Crippen LogP contribution is -2.13. The average Bonchev–Trinajstić information content (AvgIpc) is 3.52. The predicted octanol–water partition coefficient (Wildman–Crippen LogP) is 5.17. The van der Waals surface area contributed by atoms with E-state index in [2.05, 4.69) is 16.4 Å². The van der Waals surface area contributed by atoms with E-state index in [1.54, 1.807) is 6.07 Å². The van der Waals surface area contributed by atoms with Gasteiger partial charge in [-0.25, -0.2) is 4.98 Å². The highest BCUT2D eigenvalue weighted by Crippen LogP contribution is 2.32. The lowest BCUT2D eigenvalue weighted by atomic mass is 10.1. The van der Waals surface area contributed by atoms with E-state index in [-0.39, 0.29) is 18.3 Å². The monoisotopic (exact) mass is 418 g/mol. The van der Waals surface area contributed by atoms with E-state index in [0.717, 1.165) is 35.8 Å². The topological polar surface area (TPSA) is 73.6 Å². The van der Waals surface area contributed by atoms with Crippen molar-refractivity contribution in [2.45, 2.75) is 13.0 Å². The highest BCUT2D eigenvalue weighted by Gasteiger charge is 2.18. The van der Waals surface area contributed by atoms with Crippen LogP contribution in [-0.2, 0) is 13.0 Å². The fraction of sp³-hybridized carbons (Fsp3) is 0.130. The van der Waals surface area contributed by atoms with Crippen LogP contribution in [0, 0.1) is 0 Å². The molecule has 1 amide bonds. The van der Waals surface area contributed by atoms with E-state index >= 15 is 0 Å². The molecule has 0 unspecified atom stereocenters. The van der Waals surface area contributed by atoms with Crippen molar-refractivity contribution in [3.63, 3.8) is 0 Å². The molecule has 7 heteroatoms. The predicted molar refractivity (Wildman–Crippen MR) is 114 cm³/mol. The molecule has 150 valence electrons. The number of hydrogen-bond donors (Lipinski definition) is 1. The minimum Gasteiger partial charge on any atom is -0.493 e. The highest BCUT2D eigenvalue weighted by molar-refractivity contribution is 7.14. The first-order valence-corrected chi connectivity index (χ1v) is 10.4. The summed E-state index contributed by atoms with van der Waals surface area (Å²) in [6.07, 6.45) is 2.39. The van der Waals surface area contributed by atoms with Crippen molar-refractivity contribution in [1.29, 1.82) is 0 Å². The summed E-state index contributed by atoms with van der Waals surface area (Å²) in [5.74, 6) is 1.53. The summed E-state index contributed by atoms with van der Waals surface area (Å²) in [5, 5.41) is 5.26. The minimum absolute atomic E-state index is 0.220.